The summed E-state index contributed by atoms with van der Waals surface area (Å²) in [5.74, 6) is 0. The van der Waals surface area contributed by atoms with Crippen LogP contribution in [0, 0.1) is 0 Å². The van der Waals surface area contributed by atoms with Crippen LogP contribution in [-0.4, -0.2) is 35.1 Å². The number of benzene rings is 1. The van der Waals surface area contributed by atoms with Gasteiger partial charge in [0.2, 0.25) is 0 Å². The van der Waals surface area contributed by atoms with Gasteiger partial charge in [-0.2, -0.15) is 0 Å². The molecule has 3 rings (SSSR count). The number of hydrogen-bond donors (Lipinski definition) is 2. The van der Waals surface area contributed by atoms with Crippen LogP contribution in [0.3, 0.4) is 0 Å². The molecule has 108 valence electrons. The molecular weight excluding hydrogens is 246 g/mol. The smallest absolute Gasteiger partial charge is 0.0489 e. The Hall–Kier alpha value is -1.32. The van der Waals surface area contributed by atoms with E-state index in [1.807, 2.05) is 0 Å². The van der Waals surface area contributed by atoms with Crippen LogP contribution in [0.25, 0.3) is 10.9 Å². The maximum Gasteiger partial charge on any atom is 0.0489 e. The number of hydrogen-bond acceptors (Lipinski definition) is 2. The Morgan fingerprint density at radius 1 is 1.25 bits per heavy atom. The summed E-state index contributed by atoms with van der Waals surface area (Å²) in [4.78, 5) is 6.07. The van der Waals surface area contributed by atoms with Crippen molar-refractivity contribution in [3.8, 4) is 0 Å². The Balaban J connectivity index is 1.87. The lowest BCUT2D eigenvalue weighted by Crippen LogP contribution is -2.53. The van der Waals surface area contributed by atoms with E-state index >= 15 is 0 Å². The number of para-hydroxylation sites is 1. The van der Waals surface area contributed by atoms with E-state index < -0.39 is 0 Å². The highest BCUT2D eigenvalue weighted by molar-refractivity contribution is 5.86. The van der Waals surface area contributed by atoms with Crippen molar-refractivity contribution in [3.05, 3.63) is 35.5 Å². The summed E-state index contributed by atoms with van der Waals surface area (Å²) in [5, 5.41) is 4.94. The van der Waals surface area contributed by atoms with Gasteiger partial charge in [0.25, 0.3) is 0 Å². The number of nitrogens with zero attached hydrogens (tertiary/aromatic N) is 1. The fourth-order valence-corrected chi connectivity index (χ4v) is 3.24. The van der Waals surface area contributed by atoms with Gasteiger partial charge in [0.1, 0.15) is 0 Å². The van der Waals surface area contributed by atoms with E-state index in [0.29, 0.717) is 12.1 Å². The van der Waals surface area contributed by atoms with Crippen molar-refractivity contribution in [2.75, 3.05) is 13.1 Å². The minimum Gasteiger partial charge on any atom is -0.361 e. The zero-order chi connectivity index (χ0) is 14.1. The summed E-state index contributed by atoms with van der Waals surface area (Å²) in [5.41, 5.74) is 4.16. The third kappa shape index (κ3) is 2.48. The molecule has 0 aliphatic carbocycles. The van der Waals surface area contributed by atoms with Crippen LogP contribution >= 0.6 is 0 Å². The first-order valence-electron chi connectivity index (χ1n) is 7.74. The highest BCUT2D eigenvalue weighted by atomic mass is 15.2. The van der Waals surface area contributed by atoms with Gasteiger partial charge in [-0.3, -0.25) is 4.90 Å². The van der Waals surface area contributed by atoms with E-state index in [2.05, 4.69) is 60.4 Å². The molecule has 1 aromatic carbocycles. The highest BCUT2D eigenvalue weighted by Gasteiger charge is 2.23. The molecule has 1 aliphatic heterocycles. The molecule has 0 bridgehead atoms. The molecule has 1 fully saturated rings. The van der Waals surface area contributed by atoms with Gasteiger partial charge in [0.15, 0.2) is 0 Å². The molecule has 2 atom stereocenters. The number of aromatic nitrogens is 1. The van der Waals surface area contributed by atoms with Gasteiger partial charge in [-0.1, -0.05) is 25.1 Å². The number of fused-ring (bicyclic) bond motifs is 1. The lowest BCUT2D eigenvalue weighted by atomic mass is 10.1. The molecule has 0 spiro atoms. The molecule has 2 unspecified atom stereocenters. The van der Waals surface area contributed by atoms with Crippen molar-refractivity contribution in [2.24, 2.45) is 0 Å². The summed E-state index contributed by atoms with van der Waals surface area (Å²) in [6, 6.07) is 7.84. The molecule has 1 saturated heterocycles. The quantitative estimate of drug-likeness (QED) is 0.899. The van der Waals surface area contributed by atoms with Crippen LogP contribution < -0.4 is 5.32 Å². The average Bonchev–Trinajstić information content (AvgIpc) is 2.86. The van der Waals surface area contributed by atoms with Gasteiger partial charge >= 0.3 is 0 Å². The minimum absolute atomic E-state index is 0.586. The first-order valence-corrected chi connectivity index (χ1v) is 7.74. The number of piperazine rings is 1. The third-order valence-corrected chi connectivity index (χ3v) is 4.54. The maximum absolute atomic E-state index is 3.55. The first kappa shape index (κ1) is 13.7. The Morgan fingerprint density at radius 3 is 2.90 bits per heavy atom. The van der Waals surface area contributed by atoms with E-state index in [4.69, 9.17) is 0 Å². The lowest BCUT2D eigenvalue weighted by Gasteiger charge is -2.37. The molecule has 0 amide bonds. The van der Waals surface area contributed by atoms with Crippen molar-refractivity contribution in [2.45, 2.75) is 45.8 Å². The Morgan fingerprint density at radius 2 is 2.10 bits per heavy atom. The maximum atomic E-state index is 3.55. The minimum atomic E-state index is 0.586. The molecule has 1 aromatic heterocycles. The second-order valence-electron chi connectivity index (χ2n) is 6.09. The summed E-state index contributed by atoms with van der Waals surface area (Å²) >= 11 is 0. The van der Waals surface area contributed by atoms with Gasteiger partial charge in [0, 0.05) is 48.8 Å². The Kier molecular flexibility index (Phi) is 3.81. The summed E-state index contributed by atoms with van der Waals surface area (Å²) in [6.07, 6.45) is 3.28. The van der Waals surface area contributed by atoms with Crippen molar-refractivity contribution in [1.82, 2.24) is 15.2 Å². The Bertz CT molecular complexity index is 587. The molecule has 1 aliphatic rings. The summed E-state index contributed by atoms with van der Waals surface area (Å²) in [6.45, 7) is 10.1. The predicted molar refractivity (Wildman–Crippen MR) is 85.0 cm³/mol. The zero-order valence-electron chi connectivity index (χ0n) is 12.7. The average molecular weight is 271 g/mol. The second-order valence-corrected chi connectivity index (χ2v) is 6.09. The standard InChI is InChI=1S/C17H25N3/c1-4-14-6-5-7-16-15(9-19-17(14)16)11-20-10-12(2)18-8-13(20)3/h5-7,9,12-13,18-19H,4,8,10-11H2,1-3H3. The fourth-order valence-electron chi connectivity index (χ4n) is 3.24. The normalized spacial score (nSPS) is 24.4. The van der Waals surface area contributed by atoms with Gasteiger partial charge in [0.05, 0.1) is 0 Å². The molecule has 3 heteroatoms. The van der Waals surface area contributed by atoms with Crippen molar-refractivity contribution >= 4 is 10.9 Å². The summed E-state index contributed by atoms with van der Waals surface area (Å²) < 4.78 is 0. The molecule has 2 N–H and O–H groups in total. The SMILES string of the molecule is CCc1cccc2c(CN3CC(C)NCC3C)c[nH]c12. The van der Waals surface area contributed by atoms with E-state index in [0.717, 1.165) is 26.1 Å². The Labute approximate surface area is 121 Å². The largest absolute Gasteiger partial charge is 0.361 e. The molecule has 2 heterocycles. The highest BCUT2D eigenvalue weighted by Crippen LogP contribution is 2.24. The molecule has 3 nitrogen and oxygen atoms in total. The molecule has 0 radical (unpaired) electrons. The monoisotopic (exact) mass is 271 g/mol. The molecule has 2 aromatic rings. The number of H-pyrrole nitrogens is 1. The molecule has 0 saturated carbocycles. The van der Waals surface area contributed by atoms with Crippen LogP contribution in [0.5, 0.6) is 0 Å². The van der Waals surface area contributed by atoms with E-state index in [9.17, 15) is 0 Å². The van der Waals surface area contributed by atoms with Crippen molar-refractivity contribution in [3.63, 3.8) is 0 Å². The fraction of sp³-hybridized carbons (Fsp3) is 0.529. The van der Waals surface area contributed by atoms with Crippen molar-refractivity contribution in [1.29, 1.82) is 0 Å². The first-order chi connectivity index (χ1) is 9.69. The molecular formula is C17H25N3. The van der Waals surface area contributed by atoms with Crippen LogP contribution in [0.2, 0.25) is 0 Å². The zero-order valence-corrected chi connectivity index (χ0v) is 12.7. The number of nitrogens with one attached hydrogen (secondary N) is 2. The number of rotatable bonds is 3. The van der Waals surface area contributed by atoms with Gasteiger partial charge in [-0.05, 0) is 31.4 Å². The predicted octanol–water partition coefficient (Wildman–Crippen LogP) is 2.91. The second kappa shape index (κ2) is 5.58. The van der Waals surface area contributed by atoms with Crippen LogP contribution in [0.15, 0.2) is 24.4 Å². The number of aromatic amines is 1. The van der Waals surface area contributed by atoms with Crippen molar-refractivity contribution < 1.29 is 0 Å². The van der Waals surface area contributed by atoms with Gasteiger partial charge < -0.3 is 10.3 Å². The number of aryl methyl sites for hydroxylation is 1. The lowest BCUT2D eigenvalue weighted by molar-refractivity contribution is 0.139. The van der Waals surface area contributed by atoms with Crippen LogP contribution in [0.4, 0.5) is 0 Å². The summed E-state index contributed by atoms with van der Waals surface area (Å²) in [7, 11) is 0. The third-order valence-electron chi connectivity index (χ3n) is 4.54. The van der Waals surface area contributed by atoms with E-state index in [-0.39, 0.29) is 0 Å². The molecule has 20 heavy (non-hydrogen) atoms. The van der Waals surface area contributed by atoms with Crippen LogP contribution in [-0.2, 0) is 13.0 Å². The van der Waals surface area contributed by atoms with Gasteiger partial charge in [-0.25, -0.2) is 0 Å². The topological polar surface area (TPSA) is 31.1 Å². The van der Waals surface area contributed by atoms with E-state index in [1.165, 1.54) is 22.0 Å². The van der Waals surface area contributed by atoms with Crippen LogP contribution in [0.1, 0.15) is 31.9 Å². The van der Waals surface area contributed by atoms with E-state index in [1.54, 1.807) is 0 Å². The van der Waals surface area contributed by atoms with Gasteiger partial charge in [-0.15, -0.1) is 0 Å².